The van der Waals surface area contributed by atoms with Crippen molar-refractivity contribution in [2.45, 2.75) is 20.8 Å². The number of nitrogen functional groups attached to an aromatic ring is 1. The Kier molecular flexibility index (Phi) is 3.72. The fourth-order valence-corrected chi connectivity index (χ4v) is 1.64. The molecule has 1 rings (SSSR count). The summed E-state index contributed by atoms with van der Waals surface area (Å²) in [5, 5.41) is 2.56. The summed E-state index contributed by atoms with van der Waals surface area (Å²) in [5.74, 6) is -0.101. The minimum Gasteiger partial charge on any atom is -0.398 e. The second-order valence-electron chi connectivity index (χ2n) is 3.97. The van der Waals surface area contributed by atoms with E-state index in [-0.39, 0.29) is 5.91 Å². The molecule has 0 spiro atoms. The molecule has 0 aromatic heterocycles. The van der Waals surface area contributed by atoms with Crippen LogP contribution in [0.2, 0.25) is 0 Å². The van der Waals surface area contributed by atoms with Crippen LogP contribution in [0, 0.1) is 13.8 Å². The minimum atomic E-state index is -0.101. The molecular formula is C13H18N2O. The molecule has 1 aromatic carbocycles. The number of hydrogen-bond donors (Lipinski definition) is 2. The standard InChI is InChI=1S/C13H18N2O/c1-8-5-10(3)12(14)7-11(8)9(2)6-13(16)15-4/h5-7H,14H2,1-4H3,(H,15,16). The summed E-state index contributed by atoms with van der Waals surface area (Å²) in [7, 11) is 1.61. The maximum absolute atomic E-state index is 11.2. The molecule has 0 aliphatic carbocycles. The van der Waals surface area contributed by atoms with Crippen molar-refractivity contribution in [1.29, 1.82) is 0 Å². The molecule has 1 aromatic rings. The van der Waals surface area contributed by atoms with Crippen LogP contribution in [0.1, 0.15) is 23.6 Å². The third-order valence-corrected chi connectivity index (χ3v) is 2.63. The van der Waals surface area contributed by atoms with Crippen LogP contribution in [0.25, 0.3) is 5.57 Å². The molecule has 3 nitrogen and oxygen atoms in total. The second-order valence-corrected chi connectivity index (χ2v) is 3.97. The Hall–Kier alpha value is -1.77. The number of carbonyl (C=O) groups excluding carboxylic acids is 1. The SMILES string of the molecule is CNC(=O)C=C(C)c1cc(N)c(C)cc1C. The zero-order chi connectivity index (χ0) is 12.3. The molecular weight excluding hydrogens is 200 g/mol. The largest absolute Gasteiger partial charge is 0.398 e. The smallest absolute Gasteiger partial charge is 0.244 e. The van der Waals surface area contributed by atoms with Crippen LogP contribution >= 0.6 is 0 Å². The summed E-state index contributed by atoms with van der Waals surface area (Å²) in [6, 6.07) is 3.95. The topological polar surface area (TPSA) is 55.1 Å². The summed E-state index contributed by atoms with van der Waals surface area (Å²) in [6.07, 6.45) is 1.58. The predicted octanol–water partition coefficient (Wildman–Crippen LogP) is 2.03. The maximum atomic E-state index is 11.2. The van der Waals surface area contributed by atoms with Crippen LogP contribution in [0.5, 0.6) is 0 Å². The molecule has 0 radical (unpaired) electrons. The highest BCUT2D eigenvalue weighted by molar-refractivity contribution is 5.95. The molecule has 0 fully saturated rings. The van der Waals surface area contributed by atoms with Crippen molar-refractivity contribution in [3.05, 3.63) is 34.9 Å². The Morgan fingerprint density at radius 3 is 2.50 bits per heavy atom. The molecule has 3 N–H and O–H groups in total. The number of nitrogens with one attached hydrogen (secondary N) is 1. The fourth-order valence-electron chi connectivity index (χ4n) is 1.64. The molecule has 16 heavy (non-hydrogen) atoms. The number of amides is 1. The van der Waals surface area contributed by atoms with E-state index in [4.69, 9.17) is 5.73 Å². The van der Waals surface area contributed by atoms with Crippen LogP contribution in [-0.2, 0) is 4.79 Å². The Morgan fingerprint density at radius 1 is 1.31 bits per heavy atom. The number of anilines is 1. The third kappa shape index (κ3) is 2.63. The van der Waals surface area contributed by atoms with Crippen molar-refractivity contribution < 1.29 is 4.79 Å². The van der Waals surface area contributed by atoms with Gasteiger partial charge in [0.1, 0.15) is 0 Å². The highest BCUT2D eigenvalue weighted by Gasteiger charge is 2.05. The summed E-state index contributed by atoms with van der Waals surface area (Å²) in [6.45, 7) is 5.90. The molecule has 0 saturated heterocycles. The van der Waals surface area contributed by atoms with Crippen molar-refractivity contribution >= 4 is 17.2 Å². The van der Waals surface area contributed by atoms with Crippen LogP contribution in [0.4, 0.5) is 5.69 Å². The number of allylic oxidation sites excluding steroid dienone is 1. The van der Waals surface area contributed by atoms with Gasteiger partial charge in [-0.05, 0) is 49.1 Å². The summed E-state index contributed by atoms with van der Waals surface area (Å²) >= 11 is 0. The first-order chi connectivity index (χ1) is 7.45. The quantitative estimate of drug-likeness (QED) is 0.589. The van der Waals surface area contributed by atoms with Gasteiger partial charge < -0.3 is 11.1 Å². The number of benzene rings is 1. The van der Waals surface area contributed by atoms with E-state index in [1.54, 1.807) is 13.1 Å². The van der Waals surface area contributed by atoms with E-state index in [9.17, 15) is 4.79 Å². The van der Waals surface area contributed by atoms with E-state index in [0.717, 1.165) is 28.0 Å². The van der Waals surface area contributed by atoms with Crippen molar-refractivity contribution in [3.63, 3.8) is 0 Å². The summed E-state index contributed by atoms with van der Waals surface area (Å²) in [4.78, 5) is 11.2. The number of carbonyl (C=O) groups is 1. The van der Waals surface area contributed by atoms with Crippen molar-refractivity contribution in [2.24, 2.45) is 0 Å². The van der Waals surface area contributed by atoms with Crippen LogP contribution in [0.15, 0.2) is 18.2 Å². The van der Waals surface area contributed by atoms with Gasteiger partial charge in [-0.2, -0.15) is 0 Å². The predicted molar refractivity (Wildman–Crippen MR) is 68.0 cm³/mol. The number of nitrogens with two attached hydrogens (primary N) is 1. The Balaban J connectivity index is 3.18. The fraction of sp³-hybridized carbons (Fsp3) is 0.308. The molecule has 86 valence electrons. The molecule has 0 unspecified atom stereocenters. The van der Waals surface area contributed by atoms with Gasteiger partial charge in [0.2, 0.25) is 5.91 Å². The van der Waals surface area contributed by atoms with E-state index in [1.165, 1.54) is 0 Å². The van der Waals surface area contributed by atoms with Crippen LogP contribution < -0.4 is 11.1 Å². The number of aryl methyl sites for hydroxylation is 2. The van der Waals surface area contributed by atoms with Gasteiger partial charge in [-0.25, -0.2) is 0 Å². The lowest BCUT2D eigenvalue weighted by molar-refractivity contribution is -0.116. The van der Waals surface area contributed by atoms with Gasteiger partial charge in [-0.15, -0.1) is 0 Å². The monoisotopic (exact) mass is 218 g/mol. The normalized spacial score (nSPS) is 11.4. The molecule has 3 heteroatoms. The average Bonchev–Trinajstić information content (AvgIpc) is 2.23. The first-order valence-corrected chi connectivity index (χ1v) is 5.22. The molecule has 0 heterocycles. The van der Waals surface area contributed by atoms with Gasteiger partial charge in [-0.3, -0.25) is 4.79 Å². The lowest BCUT2D eigenvalue weighted by Gasteiger charge is -2.10. The van der Waals surface area contributed by atoms with Gasteiger partial charge in [0.15, 0.2) is 0 Å². The lowest BCUT2D eigenvalue weighted by Crippen LogP contribution is -2.14. The van der Waals surface area contributed by atoms with Gasteiger partial charge in [-0.1, -0.05) is 6.07 Å². The number of rotatable bonds is 2. The molecule has 1 amide bonds. The molecule has 0 aliphatic rings. The molecule has 0 atom stereocenters. The highest BCUT2D eigenvalue weighted by atomic mass is 16.1. The van der Waals surface area contributed by atoms with Crippen molar-refractivity contribution in [2.75, 3.05) is 12.8 Å². The number of likely N-dealkylation sites (N-methyl/N-ethyl adjacent to an activating group) is 1. The number of hydrogen-bond acceptors (Lipinski definition) is 2. The van der Waals surface area contributed by atoms with Crippen LogP contribution in [-0.4, -0.2) is 13.0 Å². The first kappa shape index (κ1) is 12.3. The second kappa shape index (κ2) is 4.84. The Bertz CT molecular complexity index is 447. The maximum Gasteiger partial charge on any atom is 0.244 e. The van der Waals surface area contributed by atoms with Gasteiger partial charge in [0.25, 0.3) is 0 Å². The summed E-state index contributed by atoms with van der Waals surface area (Å²) < 4.78 is 0. The molecule has 0 saturated carbocycles. The van der Waals surface area contributed by atoms with Crippen LogP contribution in [0.3, 0.4) is 0 Å². The lowest BCUT2D eigenvalue weighted by atomic mass is 9.98. The van der Waals surface area contributed by atoms with Crippen molar-refractivity contribution in [3.8, 4) is 0 Å². The van der Waals surface area contributed by atoms with Gasteiger partial charge in [0.05, 0.1) is 0 Å². The highest BCUT2D eigenvalue weighted by Crippen LogP contribution is 2.23. The zero-order valence-electron chi connectivity index (χ0n) is 10.2. The summed E-state index contributed by atoms with van der Waals surface area (Å²) in [5.41, 5.74) is 10.8. The average molecular weight is 218 g/mol. The molecule has 0 aliphatic heterocycles. The van der Waals surface area contributed by atoms with E-state index >= 15 is 0 Å². The zero-order valence-corrected chi connectivity index (χ0v) is 10.2. The van der Waals surface area contributed by atoms with Crippen molar-refractivity contribution in [1.82, 2.24) is 5.32 Å². The first-order valence-electron chi connectivity index (χ1n) is 5.22. The van der Waals surface area contributed by atoms with E-state index in [0.29, 0.717) is 0 Å². The molecule has 0 bridgehead atoms. The Morgan fingerprint density at radius 2 is 1.94 bits per heavy atom. The third-order valence-electron chi connectivity index (χ3n) is 2.63. The Labute approximate surface area is 96.3 Å². The van der Waals surface area contributed by atoms with Gasteiger partial charge in [0, 0.05) is 18.8 Å². The minimum absolute atomic E-state index is 0.101. The van der Waals surface area contributed by atoms with Gasteiger partial charge >= 0.3 is 0 Å². The van der Waals surface area contributed by atoms with E-state index in [2.05, 4.69) is 5.32 Å². The van der Waals surface area contributed by atoms with E-state index < -0.39 is 0 Å². The van der Waals surface area contributed by atoms with E-state index in [1.807, 2.05) is 32.9 Å².